The van der Waals surface area contributed by atoms with E-state index >= 15 is 0 Å². The third-order valence-corrected chi connectivity index (χ3v) is 6.64. The Morgan fingerprint density at radius 1 is 1.06 bits per heavy atom. The molecule has 34 heavy (non-hydrogen) atoms. The summed E-state index contributed by atoms with van der Waals surface area (Å²) in [6.45, 7) is 3.87. The molecular weight excluding hydrogens is 466 g/mol. The second kappa shape index (κ2) is 8.89. The molecule has 0 bridgehead atoms. The van der Waals surface area contributed by atoms with Crippen molar-refractivity contribution in [3.05, 3.63) is 89.3 Å². The van der Waals surface area contributed by atoms with Gasteiger partial charge in [-0.3, -0.25) is 24.8 Å². The van der Waals surface area contributed by atoms with Crippen molar-refractivity contribution in [1.82, 2.24) is 10.3 Å². The molecular formula is C26H19N3O3S2. The van der Waals surface area contributed by atoms with Gasteiger partial charge in [-0.1, -0.05) is 35.9 Å². The van der Waals surface area contributed by atoms with Crippen LogP contribution in [-0.4, -0.2) is 21.9 Å². The number of fused-ring (bicyclic) bond motifs is 1. The van der Waals surface area contributed by atoms with E-state index in [-0.39, 0.29) is 10.7 Å². The lowest BCUT2D eigenvalue weighted by molar-refractivity contribution is -0.122. The van der Waals surface area contributed by atoms with E-state index in [1.807, 2.05) is 62.4 Å². The lowest BCUT2D eigenvalue weighted by atomic mass is 10.1. The summed E-state index contributed by atoms with van der Waals surface area (Å²) in [5, 5.41) is 4.32. The van der Waals surface area contributed by atoms with Crippen LogP contribution in [0.3, 0.4) is 0 Å². The zero-order chi connectivity index (χ0) is 23.8. The third-order valence-electron chi connectivity index (χ3n) is 5.39. The Labute approximate surface area is 205 Å². The van der Waals surface area contributed by atoms with Gasteiger partial charge in [-0.05, 0) is 79.8 Å². The molecule has 1 saturated heterocycles. The van der Waals surface area contributed by atoms with Crippen LogP contribution in [0.1, 0.15) is 16.9 Å². The highest BCUT2D eigenvalue weighted by Crippen LogP contribution is 2.34. The highest BCUT2D eigenvalue weighted by atomic mass is 32.2. The van der Waals surface area contributed by atoms with Crippen molar-refractivity contribution in [2.45, 2.75) is 23.8 Å². The van der Waals surface area contributed by atoms with Crippen molar-refractivity contribution in [3.8, 4) is 0 Å². The van der Waals surface area contributed by atoms with E-state index in [0.717, 1.165) is 26.9 Å². The fourth-order valence-corrected chi connectivity index (χ4v) is 4.99. The minimum atomic E-state index is -0.556. The number of carbonyl (C=O) groups is 2. The van der Waals surface area contributed by atoms with Gasteiger partial charge < -0.3 is 4.42 Å². The van der Waals surface area contributed by atoms with Crippen LogP contribution in [0, 0.1) is 13.8 Å². The Balaban J connectivity index is 1.44. The minimum Gasteiger partial charge on any atom is -0.450 e. The molecule has 2 aromatic heterocycles. The van der Waals surface area contributed by atoms with Gasteiger partial charge in [0, 0.05) is 16.5 Å². The highest BCUT2D eigenvalue weighted by Gasteiger charge is 2.35. The van der Waals surface area contributed by atoms with Gasteiger partial charge in [0.1, 0.15) is 11.3 Å². The molecule has 0 spiro atoms. The Bertz CT molecular complexity index is 1500. The average molecular weight is 486 g/mol. The molecule has 6 nitrogen and oxygen atoms in total. The maximum Gasteiger partial charge on any atom is 0.270 e. The highest BCUT2D eigenvalue weighted by molar-refractivity contribution is 7.99. The summed E-state index contributed by atoms with van der Waals surface area (Å²) in [6, 6.07) is 19.1. The van der Waals surface area contributed by atoms with Crippen molar-refractivity contribution < 1.29 is 14.0 Å². The maximum atomic E-state index is 13.3. The van der Waals surface area contributed by atoms with Crippen molar-refractivity contribution in [3.63, 3.8) is 0 Å². The minimum absolute atomic E-state index is 0.0497. The van der Waals surface area contributed by atoms with Gasteiger partial charge in [-0.25, -0.2) is 0 Å². The van der Waals surface area contributed by atoms with Gasteiger partial charge in [0.15, 0.2) is 10.2 Å². The van der Waals surface area contributed by atoms with Gasteiger partial charge in [-0.2, -0.15) is 0 Å². The summed E-state index contributed by atoms with van der Waals surface area (Å²) in [4.78, 5) is 32.7. The standard InChI is InChI=1S/C26H19N3O3S2/c1-15-8-10-20(16(2)13-15)29-25(31)19(24(30)28-26(29)33)14-18-9-11-22(32-18)34-21-7-3-5-17-6-4-12-27-23(17)21/h3-14H,1-2H3,(H,28,30,33)/b19-14+. The Morgan fingerprint density at radius 2 is 1.88 bits per heavy atom. The van der Waals surface area contributed by atoms with E-state index in [0.29, 0.717) is 16.5 Å². The Morgan fingerprint density at radius 3 is 2.71 bits per heavy atom. The number of amides is 2. The Kier molecular flexibility index (Phi) is 5.77. The smallest absolute Gasteiger partial charge is 0.270 e. The number of rotatable bonds is 4. The number of carbonyl (C=O) groups excluding carboxylic acids is 2. The van der Waals surface area contributed by atoms with Gasteiger partial charge >= 0.3 is 0 Å². The molecule has 1 aliphatic rings. The van der Waals surface area contributed by atoms with E-state index < -0.39 is 11.8 Å². The number of aromatic nitrogens is 1. The number of para-hydroxylation sites is 1. The summed E-state index contributed by atoms with van der Waals surface area (Å²) in [5.74, 6) is -0.660. The zero-order valence-corrected chi connectivity index (χ0v) is 20.0. The van der Waals surface area contributed by atoms with Crippen LogP contribution in [0.4, 0.5) is 5.69 Å². The van der Waals surface area contributed by atoms with E-state index in [9.17, 15) is 9.59 Å². The first kappa shape index (κ1) is 22.1. The first-order valence-electron chi connectivity index (χ1n) is 10.5. The average Bonchev–Trinajstić information content (AvgIpc) is 3.25. The van der Waals surface area contributed by atoms with Crippen LogP contribution >= 0.6 is 24.0 Å². The number of pyridine rings is 1. The molecule has 0 aliphatic carbocycles. The second-order valence-electron chi connectivity index (χ2n) is 7.84. The number of thiocarbonyl (C=S) groups is 1. The van der Waals surface area contributed by atoms with Crippen molar-refractivity contribution in [1.29, 1.82) is 0 Å². The fraction of sp³-hybridized carbons (Fsp3) is 0.0769. The molecule has 0 atom stereocenters. The number of aryl methyl sites for hydroxylation is 2. The molecule has 0 radical (unpaired) electrons. The van der Waals surface area contributed by atoms with Crippen LogP contribution in [-0.2, 0) is 9.59 Å². The summed E-state index contributed by atoms with van der Waals surface area (Å²) in [7, 11) is 0. The molecule has 8 heteroatoms. The normalized spacial score (nSPS) is 15.3. The largest absolute Gasteiger partial charge is 0.450 e. The number of benzene rings is 2. The van der Waals surface area contributed by atoms with Crippen molar-refractivity contribution >= 4 is 63.6 Å². The SMILES string of the molecule is Cc1ccc(N2C(=O)/C(=C/c3ccc(Sc4cccc5cccnc45)o3)C(=O)NC2=S)c(C)c1. The summed E-state index contributed by atoms with van der Waals surface area (Å²) >= 11 is 6.73. The second-order valence-corrected chi connectivity index (χ2v) is 9.27. The van der Waals surface area contributed by atoms with Crippen LogP contribution in [0.25, 0.3) is 17.0 Å². The summed E-state index contributed by atoms with van der Waals surface area (Å²) in [6.07, 6.45) is 3.20. The van der Waals surface area contributed by atoms with Crippen LogP contribution in [0.5, 0.6) is 0 Å². The third kappa shape index (κ3) is 4.13. The van der Waals surface area contributed by atoms with Gasteiger partial charge in [0.2, 0.25) is 0 Å². The van der Waals surface area contributed by atoms with Crippen LogP contribution in [0.2, 0.25) is 0 Å². The lowest BCUT2D eigenvalue weighted by Crippen LogP contribution is -2.54. The quantitative estimate of drug-likeness (QED) is 0.236. The zero-order valence-electron chi connectivity index (χ0n) is 18.4. The van der Waals surface area contributed by atoms with Crippen LogP contribution in [0.15, 0.2) is 86.8 Å². The van der Waals surface area contributed by atoms with E-state index in [1.54, 1.807) is 18.3 Å². The molecule has 1 N–H and O–H groups in total. The molecule has 5 rings (SSSR count). The molecule has 0 unspecified atom stereocenters. The van der Waals surface area contributed by atoms with E-state index in [4.69, 9.17) is 16.6 Å². The fourth-order valence-electron chi connectivity index (χ4n) is 3.81. The van der Waals surface area contributed by atoms with Crippen LogP contribution < -0.4 is 10.2 Å². The number of furan rings is 1. The molecule has 1 aliphatic heterocycles. The van der Waals surface area contributed by atoms with Gasteiger partial charge in [0.25, 0.3) is 11.8 Å². The van der Waals surface area contributed by atoms with E-state index in [1.165, 1.54) is 22.7 Å². The number of nitrogens with one attached hydrogen (secondary N) is 1. The molecule has 2 amide bonds. The lowest BCUT2D eigenvalue weighted by Gasteiger charge is -2.30. The molecule has 168 valence electrons. The summed E-state index contributed by atoms with van der Waals surface area (Å²) < 4.78 is 5.92. The van der Waals surface area contributed by atoms with Crippen molar-refractivity contribution in [2.75, 3.05) is 4.90 Å². The number of hydrogen-bond acceptors (Lipinski definition) is 6. The predicted octanol–water partition coefficient (Wildman–Crippen LogP) is 5.43. The molecule has 4 aromatic rings. The topological polar surface area (TPSA) is 75.4 Å². The van der Waals surface area contributed by atoms with Crippen molar-refractivity contribution in [2.24, 2.45) is 0 Å². The number of anilines is 1. The number of hydrogen-bond donors (Lipinski definition) is 1. The van der Waals surface area contributed by atoms with E-state index in [2.05, 4.69) is 10.3 Å². The predicted molar refractivity (Wildman–Crippen MR) is 137 cm³/mol. The van der Waals surface area contributed by atoms with Gasteiger partial charge in [0.05, 0.1) is 11.2 Å². The number of nitrogens with zero attached hydrogens (tertiary/aromatic N) is 2. The maximum absolute atomic E-state index is 13.3. The summed E-state index contributed by atoms with van der Waals surface area (Å²) in [5.41, 5.74) is 3.41. The molecule has 1 fully saturated rings. The molecule has 0 saturated carbocycles. The first-order chi connectivity index (χ1) is 16.4. The van der Waals surface area contributed by atoms with Gasteiger partial charge in [-0.15, -0.1) is 0 Å². The molecule has 3 heterocycles. The Hall–Kier alpha value is -3.75. The molecule has 2 aromatic carbocycles. The first-order valence-corrected chi connectivity index (χ1v) is 11.7. The monoisotopic (exact) mass is 485 g/mol.